The van der Waals surface area contributed by atoms with Gasteiger partial charge in [-0.05, 0) is 18.2 Å². The van der Waals surface area contributed by atoms with Gasteiger partial charge < -0.3 is 5.11 Å². The number of carboxylic acid groups (broad SMARTS) is 1. The van der Waals surface area contributed by atoms with Crippen molar-refractivity contribution in [3.8, 4) is 11.8 Å². The Morgan fingerprint density at radius 3 is 2.78 bits per heavy atom. The Labute approximate surface area is 114 Å². The molecule has 0 aliphatic carbocycles. The van der Waals surface area contributed by atoms with Crippen LogP contribution in [0.5, 0.6) is 0 Å². The molecule has 1 aromatic heterocycles. The number of aromatic carboxylic acids is 1. The normalized spacial score (nSPS) is 9.56. The molecule has 2 nitrogen and oxygen atoms in total. The molecule has 0 aliphatic heterocycles. The average molecular weight is 274 g/mol. The van der Waals surface area contributed by atoms with Crippen molar-refractivity contribution in [2.24, 2.45) is 0 Å². The quantitative estimate of drug-likeness (QED) is 0.686. The summed E-state index contributed by atoms with van der Waals surface area (Å²) in [4.78, 5) is 12.0. The van der Waals surface area contributed by atoms with Crippen molar-refractivity contribution in [2.45, 2.75) is 4.90 Å². The van der Waals surface area contributed by atoms with Crippen LogP contribution in [-0.4, -0.2) is 16.8 Å². The van der Waals surface area contributed by atoms with E-state index in [2.05, 4.69) is 11.8 Å². The molecule has 4 heteroatoms. The summed E-state index contributed by atoms with van der Waals surface area (Å²) in [6, 6.07) is 11.5. The van der Waals surface area contributed by atoms with Gasteiger partial charge in [0.2, 0.25) is 0 Å². The van der Waals surface area contributed by atoms with Crippen molar-refractivity contribution in [1.29, 1.82) is 0 Å². The van der Waals surface area contributed by atoms with Crippen molar-refractivity contribution in [3.63, 3.8) is 0 Å². The molecule has 90 valence electrons. The zero-order valence-electron chi connectivity index (χ0n) is 9.42. The summed E-state index contributed by atoms with van der Waals surface area (Å²) in [7, 11) is 0. The molecule has 1 N–H and O–H groups in total. The van der Waals surface area contributed by atoms with Crippen LogP contribution in [0.25, 0.3) is 0 Å². The number of thioether (sulfide) groups is 1. The van der Waals surface area contributed by atoms with Crippen molar-refractivity contribution in [1.82, 2.24) is 0 Å². The number of benzene rings is 1. The van der Waals surface area contributed by atoms with Gasteiger partial charge in [0.05, 0.1) is 5.75 Å². The number of hydrogen-bond donors (Lipinski definition) is 1. The summed E-state index contributed by atoms with van der Waals surface area (Å²) in [5.41, 5.74) is 0.995. The number of rotatable bonds is 3. The Kier molecular flexibility index (Phi) is 4.46. The summed E-state index contributed by atoms with van der Waals surface area (Å²) < 4.78 is 0. The molecule has 0 saturated heterocycles. The predicted octanol–water partition coefficient (Wildman–Crippen LogP) is 3.59. The highest BCUT2D eigenvalue weighted by Gasteiger charge is 2.06. The van der Waals surface area contributed by atoms with Gasteiger partial charge in [-0.1, -0.05) is 30.0 Å². The van der Waals surface area contributed by atoms with Crippen LogP contribution in [0, 0.1) is 11.8 Å². The van der Waals surface area contributed by atoms with E-state index in [0.29, 0.717) is 10.6 Å². The topological polar surface area (TPSA) is 37.3 Å². The molecule has 0 unspecified atom stereocenters. The van der Waals surface area contributed by atoms with Crippen LogP contribution in [0.15, 0.2) is 46.7 Å². The molecule has 2 aromatic rings. The van der Waals surface area contributed by atoms with E-state index in [1.165, 1.54) is 11.3 Å². The van der Waals surface area contributed by atoms with Gasteiger partial charge in [0.25, 0.3) is 0 Å². The summed E-state index contributed by atoms with van der Waals surface area (Å²) in [5, 5.41) is 10.6. The first-order valence-electron chi connectivity index (χ1n) is 5.24. The molecule has 18 heavy (non-hydrogen) atoms. The minimum absolute atomic E-state index is 0.369. The summed E-state index contributed by atoms with van der Waals surface area (Å²) in [6.45, 7) is 0. The third-order valence-electron chi connectivity index (χ3n) is 2.10. The number of carbonyl (C=O) groups is 1. The Morgan fingerprint density at radius 1 is 1.33 bits per heavy atom. The Balaban J connectivity index is 1.89. The van der Waals surface area contributed by atoms with Gasteiger partial charge in [0.1, 0.15) is 4.88 Å². The largest absolute Gasteiger partial charge is 0.477 e. The maximum absolute atomic E-state index is 10.7. The van der Waals surface area contributed by atoms with E-state index in [-0.39, 0.29) is 0 Å². The molecule has 0 atom stereocenters. The SMILES string of the molecule is O=C(O)c1cc(SCC#Cc2ccccc2)cs1. The third kappa shape index (κ3) is 3.66. The minimum atomic E-state index is -0.873. The second-order valence-corrected chi connectivity index (χ2v) is 5.37. The van der Waals surface area contributed by atoms with Gasteiger partial charge in [0, 0.05) is 15.8 Å². The molecule has 2 rings (SSSR count). The van der Waals surface area contributed by atoms with Crippen molar-refractivity contribution in [2.75, 3.05) is 5.75 Å². The van der Waals surface area contributed by atoms with E-state index in [1.54, 1.807) is 17.8 Å². The molecular weight excluding hydrogens is 264 g/mol. The van der Waals surface area contributed by atoms with Gasteiger partial charge in [0.15, 0.2) is 0 Å². The highest BCUT2D eigenvalue weighted by Crippen LogP contribution is 2.24. The van der Waals surface area contributed by atoms with Crippen LogP contribution in [0.2, 0.25) is 0 Å². The Morgan fingerprint density at radius 2 is 2.11 bits per heavy atom. The molecule has 0 spiro atoms. The van der Waals surface area contributed by atoms with E-state index >= 15 is 0 Å². The van der Waals surface area contributed by atoms with E-state index in [1.807, 2.05) is 35.7 Å². The van der Waals surface area contributed by atoms with E-state index < -0.39 is 5.97 Å². The van der Waals surface area contributed by atoms with E-state index in [4.69, 9.17) is 5.11 Å². The van der Waals surface area contributed by atoms with Crippen LogP contribution < -0.4 is 0 Å². The lowest BCUT2D eigenvalue weighted by molar-refractivity contribution is 0.0702. The molecule has 1 aromatic carbocycles. The number of thiophene rings is 1. The van der Waals surface area contributed by atoms with Crippen LogP contribution in [0.3, 0.4) is 0 Å². The van der Waals surface area contributed by atoms with Crippen molar-refractivity contribution in [3.05, 3.63) is 52.2 Å². The molecule has 0 fully saturated rings. The van der Waals surface area contributed by atoms with Gasteiger partial charge in [-0.15, -0.1) is 23.1 Å². The first-order valence-corrected chi connectivity index (χ1v) is 7.11. The first kappa shape index (κ1) is 12.7. The second kappa shape index (κ2) is 6.29. The summed E-state index contributed by atoms with van der Waals surface area (Å²) >= 11 is 2.79. The van der Waals surface area contributed by atoms with Crippen molar-refractivity contribution < 1.29 is 9.90 Å². The van der Waals surface area contributed by atoms with Crippen LogP contribution in [-0.2, 0) is 0 Å². The molecule has 1 heterocycles. The number of carboxylic acids is 1. The highest BCUT2D eigenvalue weighted by atomic mass is 32.2. The highest BCUT2D eigenvalue weighted by molar-refractivity contribution is 7.99. The van der Waals surface area contributed by atoms with E-state index in [9.17, 15) is 4.79 Å². The Bertz CT molecular complexity index is 591. The fourth-order valence-corrected chi connectivity index (χ4v) is 2.90. The second-order valence-electron chi connectivity index (χ2n) is 3.41. The first-order chi connectivity index (χ1) is 8.75. The predicted molar refractivity (Wildman–Crippen MR) is 75.3 cm³/mol. The van der Waals surface area contributed by atoms with E-state index in [0.717, 1.165) is 10.5 Å². The number of hydrogen-bond acceptors (Lipinski definition) is 3. The maximum Gasteiger partial charge on any atom is 0.345 e. The van der Waals surface area contributed by atoms with Gasteiger partial charge >= 0.3 is 5.97 Å². The van der Waals surface area contributed by atoms with Crippen LogP contribution in [0.4, 0.5) is 0 Å². The molecule has 0 amide bonds. The lowest BCUT2D eigenvalue weighted by atomic mass is 10.2. The fraction of sp³-hybridized carbons (Fsp3) is 0.0714. The summed E-state index contributed by atoms with van der Waals surface area (Å²) in [5.74, 6) is 5.90. The fourth-order valence-electron chi connectivity index (χ4n) is 1.29. The average Bonchev–Trinajstić information content (AvgIpc) is 2.85. The van der Waals surface area contributed by atoms with Gasteiger partial charge in [-0.2, -0.15) is 0 Å². The lowest BCUT2D eigenvalue weighted by Crippen LogP contribution is -1.89. The van der Waals surface area contributed by atoms with Gasteiger partial charge in [-0.3, -0.25) is 0 Å². The lowest BCUT2D eigenvalue weighted by Gasteiger charge is -1.90. The standard InChI is InChI=1S/C14H10O2S2/c15-14(16)13-9-12(10-18-13)17-8-4-7-11-5-2-1-3-6-11/h1-3,5-6,9-10H,8H2,(H,15,16). The molecule has 0 saturated carbocycles. The zero-order valence-corrected chi connectivity index (χ0v) is 11.1. The zero-order chi connectivity index (χ0) is 12.8. The molecule has 0 aliphatic rings. The summed E-state index contributed by atoms with van der Waals surface area (Å²) in [6.07, 6.45) is 0. The minimum Gasteiger partial charge on any atom is -0.477 e. The van der Waals surface area contributed by atoms with Crippen LogP contribution >= 0.6 is 23.1 Å². The van der Waals surface area contributed by atoms with Crippen LogP contribution in [0.1, 0.15) is 15.2 Å². The van der Waals surface area contributed by atoms with Crippen molar-refractivity contribution >= 4 is 29.1 Å². The maximum atomic E-state index is 10.7. The third-order valence-corrected chi connectivity index (χ3v) is 4.03. The monoisotopic (exact) mass is 274 g/mol. The van der Waals surface area contributed by atoms with Gasteiger partial charge in [-0.25, -0.2) is 4.79 Å². The smallest absolute Gasteiger partial charge is 0.345 e. The molecule has 0 radical (unpaired) electrons. The Hall–Kier alpha value is -1.70. The molecule has 0 bridgehead atoms. The molecular formula is C14H10O2S2.